The Morgan fingerprint density at radius 1 is 1.14 bits per heavy atom. The molecule has 1 aliphatic rings. The lowest BCUT2D eigenvalue weighted by molar-refractivity contribution is 0.713. The highest BCUT2D eigenvalue weighted by atomic mass is 15.3. The van der Waals surface area contributed by atoms with Crippen LogP contribution >= 0.6 is 0 Å². The zero-order valence-corrected chi connectivity index (χ0v) is 11.9. The average Bonchev–Trinajstić information content (AvgIpc) is 2.88. The molecule has 0 atom stereocenters. The summed E-state index contributed by atoms with van der Waals surface area (Å²) in [5.41, 5.74) is 0. The molecule has 0 radical (unpaired) electrons. The molecule has 0 bridgehead atoms. The van der Waals surface area contributed by atoms with E-state index in [0.29, 0.717) is 12.4 Å². The van der Waals surface area contributed by atoms with Gasteiger partial charge in [0.25, 0.3) is 0 Å². The molecule has 3 rings (SSSR count). The minimum absolute atomic E-state index is 0.497. The fraction of sp³-hybridized carbons (Fsp3) is 0.467. The van der Waals surface area contributed by atoms with Crippen molar-refractivity contribution >= 4 is 5.82 Å². The zero-order valence-electron chi connectivity index (χ0n) is 11.9. The number of hydrogen-bond acceptors (Lipinski definition) is 5. The summed E-state index contributed by atoms with van der Waals surface area (Å²) in [6, 6.07) is 1.97. The van der Waals surface area contributed by atoms with Crippen molar-refractivity contribution in [3.63, 3.8) is 0 Å². The second-order valence-electron chi connectivity index (χ2n) is 5.03. The van der Waals surface area contributed by atoms with Gasteiger partial charge in [0.15, 0.2) is 0 Å². The van der Waals surface area contributed by atoms with Gasteiger partial charge in [-0.1, -0.05) is 18.8 Å². The van der Waals surface area contributed by atoms with Crippen LogP contribution in [0.5, 0.6) is 0 Å². The van der Waals surface area contributed by atoms with Crippen LogP contribution in [0, 0.1) is 11.8 Å². The molecule has 2 aromatic rings. The maximum absolute atomic E-state index is 4.55. The van der Waals surface area contributed by atoms with Gasteiger partial charge in [-0.15, -0.1) is 0 Å². The Balaban J connectivity index is 1.69. The molecule has 108 valence electrons. The van der Waals surface area contributed by atoms with E-state index in [1.54, 1.807) is 17.2 Å². The summed E-state index contributed by atoms with van der Waals surface area (Å²) in [6.45, 7) is 2.64. The van der Waals surface area contributed by atoms with Crippen LogP contribution < -0.4 is 4.90 Å². The van der Waals surface area contributed by atoms with Gasteiger partial charge in [0.05, 0.1) is 0 Å². The summed E-state index contributed by atoms with van der Waals surface area (Å²) >= 11 is 0. The lowest BCUT2D eigenvalue weighted by atomic mass is 10.2. The normalized spacial score (nSPS) is 15.1. The molecule has 6 nitrogen and oxygen atoms in total. The van der Waals surface area contributed by atoms with Crippen LogP contribution in [0.1, 0.15) is 31.5 Å². The van der Waals surface area contributed by atoms with Gasteiger partial charge >= 0.3 is 0 Å². The Morgan fingerprint density at radius 2 is 2.00 bits per heavy atom. The average molecular weight is 282 g/mol. The number of rotatable bonds is 2. The second-order valence-corrected chi connectivity index (χ2v) is 5.03. The summed E-state index contributed by atoms with van der Waals surface area (Å²) in [7, 11) is 0. The summed E-state index contributed by atoms with van der Waals surface area (Å²) in [5.74, 6) is 7.55. The smallest absolute Gasteiger partial charge is 0.206 e. The molecule has 0 amide bonds. The Kier molecular flexibility index (Phi) is 4.42. The minimum Gasteiger partial charge on any atom is -0.356 e. The van der Waals surface area contributed by atoms with E-state index in [9.17, 15) is 0 Å². The molecule has 0 unspecified atom stereocenters. The van der Waals surface area contributed by atoms with Crippen molar-refractivity contribution in [1.82, 2.24) is 24.7 Å². The summed E-state index contributed by atoms with van der Waals surface area (Å²) in [4.78, 5) is 15.0. The molecule has 1 aliphatic heterocycles. The first-order valence-electron chi connectivity index (χ1n) is 7.31. The minimum atomic E-state index is 0.497. The van der Waals surface area contributed by atoms with Gasteiger partial charge in [0.2, 0.25) is 5.82 Å². The molecule has 0 aliphatic carbocycles. The quantitative estimate of drug-likeness (QED) is 0.781. The lowest BCUT2D eigenvalue weighted by Crippen LogP contribution is -2.25. The van der Waals surface area contributed by atoms with Crippen molar-refractivity contribution in [2.45, 2.75) is 32.2 Å². The van der Waals surface area contributed by atoms with Gasteiger partial charge in [-0.05, 0) is 24.8 Å². The molecular weight excluding hydrogens is 264 g/mol. The van der Waals surface area contributed by atoms with E-state index in [4.69, 9.17) is 0 Å². The van der Waals surface area contributed by atoms with Gasteiger partial charge in [0.1, 0.15) is 25.0 Å². The maximum atomic E-state index is 4.55. The summed E-state index contributed by atoms with van der Waals surface area (Å²) < 4.78 is 1.67. The van der Waals surface area contributed by atoms with E-state index in [2.05, 4.69) is 36.8 Å². The first-order chi connectivity index (χ1) is 10.4. The highest BCUT2D eigenvalue weighted by Crippen LogP contribution is 2.16. The molecule has 1 fully saturated rings. The SMILES string of the molecule is C(#Cc1nccc(N2CCCCCC2)n1)Cn1cncn1. The van der Waals surface area contributed by atoms with E-state index in [1.807, 2.05) is 6.07 Å². The number of aromatic nitrogens is 5. The molecule has 3 heterocycles. The Morgan fingerprint density at radius 3 is 2.76 bits per heavy atom. The van der Waals surface area contributed by atoms with Gasteiger partial charge in [-0.3, -0.25) is 0 Å². The summed E-state index contributed by atoms with van der Waals surface area (Å²) in [6.07, 6.45) is 10.0. The van der Waals surface area contributed by atoms with E-state index in [-0.39, 0.29) is 0 Å². The van der Waals surface area contributed by atoms with Crippen molar-refractivity contribution in [1.29, 1.82) is 0 Å². The predicted molar refractivity (Wildman–Crippen MR) is 79.6 cm³/mol. The molecular formula is C15H18N6. The van der Waals surface area contributed by atoms with E-state index in [0.717, 1.165) is 18.9 Å². The largest absolute Gasteiger partial charge is 0.356 e. The monoisotopic (exact) mass is 282 g/mol. The fourth-order valence-corrected chi connectivity index (χ4v) is 2.40. The van der Waals surface area contributed by atoms with Crippen LogP contribution in [-0.2, 0) is 6.54 Å². The van der Waals surface area contributed by atoms with Crippen molar-refractivity contribution in [3.8, 4) is 11.8 Å². The number of anilines is 1. The predicted octanol–water partition coefficient (Wildman–Crippen LogP) is 1.50. The Bertz CT molecular complexity index is 617. The van der Waals surface area contributed by atoms with Crippen LogP contribution in [0.4, 0.5) is 5.82 Å². The van der Waals surface area contributed by atoms with Crippen molar-refractivity contribution in [2.75, 3.05) is 18.0 Å². The number of hydrogen-bond donors (Lipinski definition) is 0. The van der Waals surface area contributed by atoms with Crippen LogP contribution in [0.15, 0.2) is 24.9 Å². The molecule has 0 N–H and O–H groups in total. The first-order valence-corrected chi connectivity index (χ1v) is 7.31. The van der Waals surface area contributed by atoms with Crippen LogP contribution in [0.25, 0.3) is 0 Å². The van der Waals surface area contributed by atoms with Crippen molar-refractivity contribution in [2.24, 2.45) is 0 Å². The third-order valence-electron chi connectivity index (χ3n) is 3.48. The van der Waals surface area contributed by atoms with Gasteiger partial charge in [-0.2, -0.15) is 5.10 Å². The first kappa shape index (κ1) is 13.6. The molecule has 21 heavy (non-hydrogen) atoms. The molecule has 0 aromatic carbocycles. The second kappa shape index (κ2) is 6.84. The fourth-order valence-electron chi connectivity index (χ4n) is 2.40. The highest BCUT2D eigenvalue weighted by molar-refractivity contribution is 5.39. The van der Waals surface area contributed by atoms with Crippen molar-refractivity contribution < 1.29 is 0 Å². The van der Waals surface area contributed by atoms with Crippen molar-refractivity contribution in [3.05, 3.63) is 30.7 Å². The molecule has 0 spiro atoms. The standard InChI is InChI=1S/C15H18N6/c1-2-4-10-20(9-3-1)15-7-8-17-14(19-15)6-5-11-21-13-16-12-18-21/h7-8,12-13H,1-4,9-11H2. The Hall–Kier alpha value is -2.42. The summed E-state index contributed by atoms with van der Waals surface area (Å²) in [5, 5.41) is 4.00. The van der Waals surface area contributed by atoms with Gasteiger partial charge in [-0.25, -0.2) is 19.6 Å². The Labute approximate surface area is 124 Å². The van der Waals surface area contributed by atoms with Crippen LogP contribution in [0.3, 0.4) is 0 Å². The van der Waals surface area contributed by atoms with E-state index < -0.39 is 0 Å². The third kappa shape index (κ3) is 3.78. The van der Waals surface area contributed by atoms with E-state index >= 15 is 0 Å². The van der Waals surface area contributed by atoms with Crippen LogP contribution in [0.2, 0.25) is 0 Å². The lowest BCUT2D eigenvalue weighted by Gasteiger charge is -2.20. The van der Waals surface area contributed by atoms with E-state index in [1.165, 1.54) is 32.0 Å². The molecule has 1 saturated heterocycles. The third-order valence-corrected chi connectivity index (χ3v) is 3.48. The number of nitrogens with zero attached hydrogens (tertiary/aromatic N) is 6. The maximum Gasteiger partial charge on any atom is 0.206 e. The highest BCUT2D eigenvalue weighted by Gasteiger charge is 2.11. The topological polar surface area (TPSA) is 59.7 Å². The molecule has 6 heteroatoms. The van der Waals surface area contributed by atoms with Gasteiger partial charge < -0.3 is 4.90 Å². The van der Waals surface area contributed by atoms with Gasteiger partial charge in [0, 0.05) is 19.3 Å². The molecule has 0 saturated carbocycles. The van der Waals surface area contributed by atoms with Crippen LogP contribution in [-0.4, -0.2) is 37.8 Å². The molecule has 2 aromatic heterocycles. The zero-order chi connectivity index (χ0) is 14.3.